The summed E-state index contributed by atoms with van der Waals surface area (Å²) in [6.45, 7) is 5.41. The highest BCUT2D eigenvalue weighted by Crippen LogP contribution is 2.26. The van der Waals surface area contributed by atoms with E-state index in [9.17, 15) is 9.59 Å². The quantitative estimate of drug-likeness (QED) is 0.595. The van der Waals surface area contributed by atoms with E-state index < -0.39 is 0 Å². The lowest BCUT2D eigenvalue weighted by atomic mass is 10.2. The molecule has 2 aromatic heterocycles. The van der Waals surface area contributed by atoms with Gasteiger partial charge in [-0.3, -0.25) is 14.5 Å². The minimum absolute atomic E-state index is 0.120. The van der Waals surface area contributed by atoms with Gasteiger partial charge < -0.3 is 14.1 Å². The Bertz CT molecular complexity index is 976. The Morgan fingerprint density at radius 3 is 2.72 bits per heavy atom. The molecule has 29 heavy (non-hydrogen) atoms. The summed E-state index contributed by atoms with van der Waals surface area (Å²) < 4.78 is 11.9. The summed E-state index contributed by atoms with van der Waals surface area (Å²) in [5, 5.41) is 1.12. The van der Waals surface area contributed by atoms with Crippen LogP contribution in [0, 0.1) is 0 Å². The number of hydrogen-bond donors (Lipinski definition) is 0. The van der Waals surface area contributed by atoms with Crippen LogP contribution in [0.5, 0.6) is 0 Å². The minimum atomic E-state index is -0.320. The van der Waals surface area contributed by atoms with E-state index in [1.807, 2.05) is 41.3 Å². The molecule has 0 saturated carbocycles. The van der Waals surface area contributed by atoms with Crippen molar-refractivity contribution in [2.75, 3.05) is 26.2 Å². The molecule has 1 saturated heterocycles. The molecule has 1 aliphatic rings. The van der Waals surface area contributed by atoms with E-state index in [0.29, 0.717) is 18.8 Å². The number of ether oxygens (including phenoxy) is 1. The van der Waals surface area contributed by atoms with Gasteiger partial charge in [0.15, 0.2) is 0 Å². The van der Waals surface area contributed by atoms with Crippen LogP contribution in [0.2, 0.25) is 0 Å². The summed E-state index contributed by atoms with van der Waals surface area (Å²) >= 11 is 1.56. The lowest BCUT2D eigenvalue weighted by Gasteiger charge is -2.21. The largest absolute Gasteiger partial charge is 0.461 e. The second kappa shape index (κ2) is 8.80. The van der Waals surface area contributed by atoms with E-state index in [0.717, 1.165) is 46.8 Å². The zero-order valence-electron chi connectivity index (χ0n) is 16.4. The third-order valence-corrected chi connectivity index (χ3v) is 6.13. The maximum Gasteiger partial charge on any atom is 0.303 e. The molecule has 1 aromatic carbocycles. The van der Waals surface area contributed by atoms with Gasteiger partial charge in [-0.15, -0.1) is 11.3 Å². The molecular weight excluding hydrogens is 388 g/mol. The number of esters is 1. The fourth-order valence-electron chi connectivity index (χ4n) is 3.55. The van der Waals surface area contributed by atoms with Crippen molar-refractivity contribution in [3.63, 3.8) is 0 Å². The predicted molar refractivity (Wildman–Crippen MR) is 112 cm³/mol. The van der Waals surface area contributed by atoms with E-state index in [2.05, 4.69) is 11.0 Å². The smallest absolute Gasteiger partial charge is 0.303 e. The van der Waals surface area contributed by atoms with Crippen molar-refractivity contribution in [2.24, 2.45) is 0 Å². The van der Waals surface area contributed by atoms with Gasteiger partial charge in [0.05, 0.1) is 11.4 Å². The molecule has 6 nitrogen and oxygen atoms in total. The number of carbonyl (C=O) groups excluding carboxylic acids is 2. The van der Waals surface area contributed by atoms with Crippen molar-refractivity contribution in [2.45, 2.75) is 26.5 Å². The molecule has 3 heterocycles. The van der Waals surface area contributed by atoms with Crippen LogP contribution in [0.15, 0.2) is 46.9 Å². The normalized spacial score (nSPS) is 15.4. The van der Waals surface area contributed by atoms with Gasteiger partial charge in [-0.1, -0.05) is 18.2 Å². The highest BCUT2D eigenvalue weighted by atomic mass is 32.1. The van der Waals surface area contributed by atoms with Crippen LogP contribution in [-0.2, 0) is 22.7 Å². The van der Waals surface area contributed by atoms with E-state index >= 15 is 0 Å². The van der Waals surface area contributed by atoms with E-state index in [1.54, 1.807) is 11.3 Å². The van der Waals surface area contributed by atoms with Gasteiger partial charge in [-0.25, -0.2) is 0 Å². The highest BCUT2D eigenvalue weighted by Gasteiger charge is 2.22. The number of nitrogens with zero attached hydrogens (tertiary/aromatic N) is 2. The van der Waals surface area contributed by atoms with Crippen LogP contribution < -0.4 is 0 Å². The molecule has 152 valence electrons. The monoisotopic (exact) mass is 412 g/mol. The molecule has 3 aromatic rings. The summed E-state index contributed by atoms with van der Waals surface area (Å²) in [6, 6.07) is 13.9. The van der Waals surface area contributed by atoms with E-state index in [-0.39, 0.29) is 18.5 Å². The van der Waals surface area contributed by atoms with Crippen LogP contribution in [0.25, 0.3) is 10.1 Å². The highest BCUT2D eigenvalue weighted by molar-refractivity contribution is 7.20. The van der Waals surface area contributed by atoms with Crippen molar-refractivity contribution < 1.29 is 18.7 Å². The summed E-state index contributed by atoms with van der Waals surface area (Å²) in [7, 11) is 0. The first-order valence-corrected chi connectivity index (χ1v) is 10.6. The van der Waals surface area contributed by atoms with Crippen LogP contribution in [0.4, 0.5) is 0 Å². The predicted octanol–water partition coefficient (Wildman–Crippen LogP) is 3.91. The first-order chi connectivity index (χ1) is 14.1. The SMILES string of the molecule is CC(=O)OCc1ccc(CN2CCCN(C(=O)c3cc4ccccc4s3)CC2)o1. The number of benzene rings is 1. The van der Waals surface area contributed by atoms with Gasteiger partial charge in [0.1, 0.15) is 18.1 Å². The Morgan fingerprint density at radius 1 is 1.07 bits per heavy atom. The lowest BCUT2D eigenvalue weighted by Crippen LogP contribution is -2.34. The van der Waals surface area contributed by atoms with Gasteiger partial charge >= 0.3 is 5.97 Å². The molecule has 7 heteroatoms. The second-order valence-electron chi connectivity index (χ2n) is 7.22. The molecule has 0 atom stereocenters. The Morgan fingerprint density at radius 2 is 1.90 bits per heavy atom. The fraction of sp³-hybridized carbons (Fsp3) is 0.364. The number of thiophene rings is 1. The maximum absolute atomic E-state index is 13.0. The first-order valence-electron chi connectivity index (χ1n) is 9.79. The van der Waals surface area contributed by atoms with Gasteiger partial charge in [0.25, 0.3) is 5.91 Å². The van der Waals surface area contributed by atoms with Crippen molar-refractivity contribution in [1.29, 1.82) is 0 Å². The molecular formula is C22H24N2O4S. The summed E-state index contributed by atoms with van der Waals surface area (Å²) in [5.74, 6) is 1.29. The van der Waals surface area contributed by atoms with Crippen LogP contribution in [-0.4, -0.2) is 47.9 Å². The van der Waals surface area contributed by atoms with Crippen LogP contribution in [0.1, 0.15) is 34.5 Å². The van der Waals surface area contributed by atoms with Crippen molar-refractivity contribution >= 4 is 33.3 Å². The molecule has 0 unspecified atom stereocenters. The molecule has 0 radical (unpaired) electrons. The molecule has 0 aliphatic carbocycles. The zero-order chi connectivity index (χ0) is 20.2. The average Bonchev–Trinajstić information content (AvgIpc) is 3.27. The Kier molecular flexibility index (Phi) is 5.97. The number of amides is 1. The standard InChI is InChI=1S/C22H24N2O4S/c1-16(25)27-15-19-8-7-18(28-19)14-23-9-4-10-24(12-11-23)22(26)21-13-17-5-2-3-6-20(17)29-21/h2-3,5-8,13H,4,9-12,14-15H2,1H3. The molecule has 0 spiro atoms. The van der Waals surface area contributed by atoms with Gasteiger partial charge in [0, 0.05) is 37.8 Å². The van der Waals surface area contributed by atoms with E-state index in [1.165, 1.54) is 6.92 Å². The summed E-state index contributed by atoms with van der Waals surface area (Å²) in [6.07, 6.45) is 0.928. The molecule has 0 bridgehead atoms. The first kappa shape index (κ1) is 19.7. The van der Waals surface area contributed by atoms with Crippen molar-refractivity contribution in [3.05, 3.63) is 58.9 Å². The Balaban J connectivity index is 1.34. The summed E-state index contributed by atoms with van der Waals surface area (Å²) in [5.41, 5.74) is 0. The van der Waals surface area contributed by atoms with Crippen molar-refractivity contribution in [1.82, 2.24) is 9.80 Å². The van der Waals surface area contributed by atoms with Crippen molar-refractivity contribution in [3.8, 4) is 0 Å². The number of rotatable bonds is 5. The third kappa shape index (κ3) is 4.86. The van der Waals surface area contributed by atoms with Gasteiger partial charge in [-0.05, 0) is 36.1 Å². The Hall–Kier alpha value is -2.64. The fourth-order valence-corrected chi connectivity index (χ4v) is 4.58. The molecule has 0 N–H and O–H groups in total. The number of fused-ring (bicyclic) bond motifs is 1. The zero-order valence-corrected chi connectivity index (χ0v) is 17.2. The Labute approximate surface area is 173 Å². The molecule has 1 amide bonds. The number of hydrogen-bond acceptors (Lipinski definition) is 6. The number of carbonyl (C=O) groups is 2. The van der Waals surface area contributed by atoms with E-state index in [4.69, 9.17) is 9.15 Å². The molecule has 1 fully saturated rings. The third-order valence-electron chi connectivity index (χ3n) is 5.03. The minimum Gasteiger partial charge on any atom is -0.461 e. The summed E-state index contributed by atoms with van der Waals surface area (Å²) in [4.78, 5) is 29.0. The van der Waals surface area contributed by atoms with Gasteiger partial charge in [0.2, 0.25) is 0 Å². The maximum atomic E-state index is 13.0. The molecule has 4 rings (SSSR count). The topological polar surface area (TPSA) is 63.0 Å². The lowest BCUT2D eigenvalue weighted by molar-refractivity contribution is -0.142. The average molecular weight is 413 g/mol. The van der Waals surface area contributed by atoms with Gasteiger partial charge in [-0.2, -0.15) is 0 Å². The second-order valence-corrected chi connectivity index (χ2v) is 8.30. The van der Waals surface area contributed by atoms with Crippen LogP contribution >= 0.6 is 11.3 Å². The van der Waals surface area contributed by atoms with Crippen LogP contribution in [0.3, 0.4) is 0 Å². The molecule has 1 aliphatic heterocycles. The number of furan rings is 1.